The zero-order chi connectivity index (χ0) is 12.4. The lowest BCUT2D eigenvalue weighted by atomic mass is 10.00. The van der Waals surface area contributed by atoms with Gasteiger partial charge in [0.1, 0.15) is 0 Å². The van der Waals surface area contributed by atoms with Crippen LogP contribution in [0.3, 0.4) is 0 Å². The van der Waals surface area contributed by atoms with Crippen LogP contribution in [0.4, 0.5) is 0 Å². The standard InChI is InChI=1S/C13H15BrN2S/c1-8-5-10(3-4-12(8)14)13(16-15)11-6-9(2)17-7-11/h3-7,13,16H,15H2,1-2H3. The third-order valence-electron chi connectivity index (χ3n) is 2.77. The summed E-state index contributed by atoms with van der Waals surface area (Å²) in [5.74, 6) is 5.68. The summed E-state index contributed by atoms with van der Waals surface area (Å²) in [6.45, 7) is 4.19. The maximum Gasteiger partial charge on any atom is 0.0718 e. The number of benzene rings is 1. The fourth-order valence-corrected chi connectivity index (χ4v) is 2.82. The van der Waals surface area contributed by atoms with Crippen LogP contribution in [0.15, 0.2) is 34.1 Å². The van der Waals surface area contributed by atoms with E-state index in [4.69, 9.17) is 5.84 Å². The van der Waals surface area contributed by atoms with Gasteiger partial charge in [-0.2, -0.15) is 0 Å². The molecule has 0 radical (unpaired) electrons. The highest BCUT2D eigenvalue weighted by molar-refractivity contribution is 9.10. The van der Waals surface area contributed by atoms with Crippen molar-refractivity contribution in [3.63, 3.8) is 0 Å². The summed E-state index contributed by atoms with van der Waals surface area (Å²) in [7, 11) is 0. The number of hydrogen-bond donors (Lipinski definition) is 2. The molecule has 1 aromatic heterocycles. The topological polar surface area (TPSA) is 38.0 Å². The van der Waals surface area contributed by atoms with E-state index in [0.29, 0.717) is 0 Å². The maximum atomic E-state index is 5.68. The van der Waals surface area contributed by atoms with Crippen LogP contribution >= 0.6 is 27.3 Å². The van der Waals surface area contributed by atoms with Gasteiger partial charge in [0.05, 0.1) is 6.04 Å². The Morgan fingerprint density at radius 1 is 1.24 bits per heavy atom. The SMILES string of the molecule is Cc1cc(C(NN)c2ccc(Br)c(C)c2)cs1. The molecule has 1 heterocycles. The van der Waals surface area contributed by atoms with Crippen LogP contribution in [0, 0.1) is 13.8 Å². The van der Waals surface area contributed by atoms with E-state index in [1.807, 2.05) is 0 Å². The molecule has 3 N–H and O–H groups in total. The molecule has 0 spiro atoms. The van der Waals surface area contributed by atoms with Gasteiger partial charge < -0.3 is 0 Å². The van der Waals surface area contributed by atoms with Crippen molar-refractivity contribution in [3.8, 4) is 0 Å². The highest BCUT2D eigenvalue weighted by Crippen LogP contribution is 2.28. The van der Waals surface area contributed by atoms with Gasteiger partial charge in [-0.15, -0.1) is 11.3 Å². The summed E-state index contributed by atoms with van der Waals surface area (Å²) in [6.07, 6.45) is 0. The quantitative estimate of drug-likeness (QED) is 0.670. The second kappa shape index (κ2) is 5.31. The van der Waals surface area contributed by atoms with Gasteiger partial charge in [-0.25, -0.2) is 5.43 Å². The van der Waals surface area contributed by atoms with E-state index >= 15 is 0 Å². The number of nitrogens with two attached hydrogens (primary N) is 1. The molecule has 90 valence electrons. The molecular weight excluding hydrogens is 296 g/mol. The Bertz CT molecular complexity index is 522. The Kier molecular flexibility index (Phi) is 3.99. The van der Waals surface area contributed by atoms with Gasteiger partial charge in [0.15, 0.2) is 0 Å². The first-order valence-corrected chi connectivity index (χ1v) is 7.06. The van der Waals surface area contributed by atoms with Crippen molar-refractivity contribution in [1.29, 1.82) is 0 Å². The van der Waals surface area contributed by atoms with Crippen molar-refractivity contribution in [2.24, 2.45) is 5.84 Å². The van der Waals surface area contributed by atoms with Crippen molar-refractivity contribution >= 4 is 27.3 Å². The normalized spacial score (nSPS) is 12.7. The molecule has 17 heavy (non-hydrogen) atoms. The van der Waals surface area contributed by atoms with Crippen molar-refractivity contribution in [2.45, 2.75) is 19.9 Å². The third-order valence-corrected chi connectivity index (χ3v) is 4.54. The predicted molar refractivity (Wildman–Crippen MR) is 77.1 cm³/mol. The number of nitrogens with one attached hydrogen (secondary N) is 1. The second-order valence-electron chi connectivity index (χ2n) is 4.10. The summed E-state index contributed by atoms with van der Waals surface area (Å²) < 4.78 is 1.12. The minimum Gasteiger partial charge on any atom is -0.271 e. The van der Waals surface area contributed by atoms with Gasteiger partial charge in [0, 0.05) is 9.35 Å². The van der Waals surface area contributed by atoms with Crippen molar-refractivity contribution in [3.05, 3.63) is 55.7 Å². The maximum absolute atomic E-state index is 5.68. The number of halogens is 1. The molecule has 2 aromatic rings. The van der Waals surface area contributed by atoms with Crippen LogP contribution in [0.1, 0.15) is 27.6 Å². The summed E-state index contributed by atoms with van der Waals surface area (Å²) in [5, 5.41) is 2.15. The van der Waals surface area contributed by atoms with Gasteiger partial charge in [0.25, 0.3) is 0 Å². The monoisotopic (exact) mass is 310 g/mol. The van der Waals surface area contributed by atoms with Crippen LogP contribution in [0.25, 0.3) is 0 Å². The first-order valence-electron chi connectivity index (χ1n) is 5.39. The molecule has 0 saturated carbocycles. The molecule has 0 aliphatic heterocycles. The van der Waals surface area contributed by atoms with Gasteiger partial charge in [-0.05, 0) is 48.1 Å². The third kappa shape index (κ3) is 2.77. The van der Waals surface area contributed by atoms with E-state index in [2.05, 4.69) is 64.8 Å². The minimum atomic E-state index is 0.0618. The summed E-state index contributed by atoms with van der Waals surface area (Å²) in [4.78, 5) is 1.30. The van der Waals surface area contributed by atoms with E-state index < -0.39 is 0 Å². The molecule has 0 bridgehead atoms. The smallest absolute Gasteiger partial charge is 0.0718 e. The van der Waals surface area contributed by atoms with Gasteiger partial charge in [-0.1, -0.05) is 28.1 Å². The predicted octanol–water partition coefficient (Wildman–Crippen LogP) is 3.68. The summed E-state index contributed by atoms with van der Waals surface area (Å²) in [6, 6.07) is 8.54. The number of aryl methyl sites for hydroxylation is 2. The molecule has 0 fully saturated rings. The van der Waals surface area contributed by atoms with Gasteiger partial charge >= 0.3 is 0 Å². The van der Waals surface area contributed by atoms with Crippen LogP contribution in [-0.2, 0) is 0 Å². The molecule has 0 saturated heterocycles. The van der Waals surface area contributed by atoms with Gasteiger partial charge in [-0.3, -0.25) is 5.84 Å². The Morgan fingerprint density at radius 3 is 2.53 bits per heavy atom. The number of hydrazine groups is 1. The molecular formula is C13H15BrN2S. The summed E-state index contributed by atoms with van der Waals surface area (Å²) in [5.41, 5.74) is 6.51. The van der Waals surface area contributed by atoms with E-state index in [1.165, 1.54) is 21.6 Å². The number of hydrogen-bond acceptors (Lipinski definition) is 3. The average Bonchev–Trinajstić information content (AvgIpc) is 2.71. The molecule has 0 aliphatic carbocycles. The minimum absolute atomic E-state index is 0.0618. The van der Waals surface area contributed by atoms with Crippen LogP contribution in [-0.4, -0.2) is 0 Å². The Balaban J connectivity index is 2.38. The molecule has 1 aromatic carbocycles. The molecule has 1 atom stereocenters. The molecule has 0 amide bonds. The second-order valence-corrected chi connectivity index (χ2v) is 6.07. The van der Waals surface area contributed by atoms with Crippen molar-refractivity contribution in [2.75, 3.05) is 0 Å². The molecule has 1 unspecified atom stereocenters. The fraction of sp³-hybridized carbons (Fsp3) is 0.231. The fourth-order valence-electron chi connectivity index (χ4n) is 1.85. The molecule has 2 nitrogen and oxygen atoms in total. The van der Waals surface area contributed by atoms with Crippen molar-refractivity contribution < 1.29 is 0 Å². The Labute approximate surface area is 114 Å². The van der Waals surface area contributed by atoms with E-state index in [9.17, 15) is 0 Å². The first-order chi connectivity index (χ1) is 8.11. The van der Waals surface area contributed by atoms with Crippen LogP contribution in [0.5, 0.6) is 0 Å². The largest absolute Gasteiger partial charge is 0.271 e. The number of rotatable bonds is 3. The Morgan fingerprint density at radius 2 is 2.00 bits per heavy atom. The lowest BCUT2D eigenvalue weighted by Gasteiger charge is -2.16. The highest BCUT2D eigenvalue weighted by atomic mass is 79.9. The van der Waals surface area contributed by atoms with E-state index in [-0.39, 0.29) is 6.04 Å². The van der Waals surface area contributed by atoms with Crippen LogP contribution < -0.4 is 11.3 Å². The zero-order valence-corrected chi connectivity index (χ0v) is 12.2. The number of thiophene rings is 1. The average molecular weight is 311 g/mol. The molecule has 0 aliphatic rings. The Hall–Kier alpha value is -0.680. The first kappa shape index (κ1) is 12.8. The van der Waals surface area contributed by atoms with E-state index in [0.717, 1.165) is 4.47 Å². The molecule has 2 rings (SSSR count). The lowest BCUT2D eigenvalue weighted by Crippen LogP contribution is -2.28. The zero-order valence-electron chi connectivity index (χ0n) is 9.83. The summed E-state index contributed by atoms with van der Waals surface area (Å²) >= 11 is 5.26. The van der Waals surface area contributed by atoms with Gasteiger partial charge in [0.2, 0.25) is 0 Å². The molecule has 4 heteroatoms. The highest BCUT2D eigenvalue weighted by Gasteiger charge is 2.14. The van der Waals surface area contributed by atoms with Crippen molar-refractivity contribution in [1.82, 2.24) is 5.43 Å². The lowest BCUT2D eigenvalue weighted by molar-refractivity contribution is 0.638. The van der Waals surface area contributed by atoms with Crippen LogP contribution in [0.2, 0.25) is 0 Å². The van der Waals surface area contributed by atoms with E-state index in [1.54, 1.807) is 11.3 Å².